The molecule has 0 bridgehead atoms. The minimum Gasteiger partial charge on any atom is -0.357 e. The first-order valence-corrected chi connectivity index (χ1v) is 9.71. The zero-order chi connectivity index (χ0) is 16.5. The van der Waals surface area contributed by atoms with Gasteiger partial charge in [0.1, 0.15) is 5.01 Å². The van der Waals surface area contributed by atoms with Crippen molar-refractivity contribution in [2.75, 3.05) is 26.2 Å². The first-order chi connectivity index (χ1) is 11.2. The Balaban J connectivity index is 0.00000288. The Morgan fingerprint density at radius 1 is 1.38 bits per heavy atom. The summed E-state index contributed by atoms with van der Waals surface area (Å²) in [6, 6.07) is 0.531. The van der Waals surface area contributed by atoms with E-state index < -0.39 is 0 Å². The fourth-order valence-corrected chi connectivity index (χ4v) is 3.53. The number of rotatable bonds is 7. The van der Waals surface area contributed by atoms with Crippen LogP contribution >= 0.6 is 35.3 Å². The molecule has 1 aromatic rings. The highest BCUT2D eigenvalue weighted by atomic mass is 127. The van der Waals surface area contributed by atoms with E-state index in [1.54, 1.807) is 11.3 Å². The summed E-state index contributed by atoms with van der Waals surface area (Å²) in [5.74, 6) is 0.923. The van der Waals surface area contributed by atoms with Crippen molar-refractivity contribution in [2.45, 2.75) is 59.0 Å². The fraction of sp³-hybridized carbons (Fsp3) is 0.765. The average Bonchev–Trinajstić information content (AvgIpc) is 2.98. The number of aliphatic imine (C=N–C) groups is 1. The smallest absolute Gasteiger partial charge is 0.191 e. The number of guanidine groups is 1. The summed E-state index contributed by atoms with van der Waals surface area (Å²) in [5.41, 5.74) is 0. The topological polar surface area (TPSA) is 52.5 Å². The van der Waals surface area contributed by atoms with Crippen molar-refractivity contribution < 1.29 is 0 Å². The highest BCUT2D eigenvalue weighted by molar-refractivity contribution is 14.0. The molecule has 1 aliphatic rings. The van der Waals surface area contributed by atoms with Gasteiger partial charge in [0, 0.05) is 36.8 Å². The van der Waals surface area contributed by atoms with Gasteiger partial charge in [0.15, 0.2) is 5.96 Å². The lowest BCUT2D eigenvalue weighted by Crippen LogP contribution is -2.48. The van der Waals surface area contributed by atoms with Crippen molar-refractivity contribution in [3.05, 3.63) is 16.1 Å². The number of nitrogens with one attached hydrogen (secondary N) is 2. The third-order valence-corrected chi connectivity index (χ3v) is 5.04. The van der Waals surface area contributed by atoms with E-state index in [-0.39, 0.29) is 24.0 Å². The molecule has 138 valence electrons. The Hall–Kier alpha value is -0.410. The van der Waals surface area contributed by atoms with Gasteiger partial charge in [-0.3, -0.25) is 0 Å². The number of aryl methyl sites for hydroxylation is 1. The molecule has 5 nitrogen and oxygen atoms in total. The molecule has 1 saturated heterocycles. The number of aromatic nitrogens is 1. The standard InChI is InChI=1S/C17H31N5S.HI/c1-4-6-9-22-10-7-15(8-11-22)21-17(18-5-2)20-13-16-19-12-14(3)23-16;/h12,15H,4-11,13H2,1-3H3,(H2,18,20,21);1H. The molecule has 24 heavy (non-hydrogen) atoms. The largest absolute Gasteiger partial charge is 0.357 e. The SMILES string of the molecule is CCCCN1CCC(NC(=NCc2ncc(C)s2)NCC)CC1.I. The van der Waals surface area contributed by atoms with Crippen LogP contribution < -0.4 is 10.6 Å². The Kier molecular flexibility index (Phi) is 10.8. The van der Waals surface area contributed by atoms with Gasteiger partial charge in [-0.2, -0.15) is 0 Å². The molecule has 1 aromatic heterocycles. The van der Waals surface area contributed by atoms with Gasteiger partial charge in [0.25, 0.3) is 0 Å². The van der Waals surface area contributed by atoms with Crippen molar-refractivity contribution >= 4 is 41.3 Å². The van der Waals surface area contributed by atoms with Crippen LogP contribution in [-0.2, 0) is 6.54 Å². The molecule has 0 atom stereocenters. The summed E-state index contributed by atoms with van der Waals surface area (Å²) in [5, 5.41) is 8.03. The Bertz CT molecular complexity index is 483. The van der Waals surface area contributed by atoms with Crippen LogP contribution in [0.3, 0.4) is 0 Å². The van der Waals surface area contributed by atoms with Gasteiger partial charge >= 0.3 is 0 Å². The lowest BCUT2D eigenvalue weighted by molar-refractivity contribution is 0.203. The molecule has 7 heteroatoms. The molecule has 0 aromatic carbocycles. The summed E-state index contributed by atoms with van der Waals surface area (Å²) in [4.78, 5) is 12.9. The predicted octanol–water partition coefficient (Wildman–Crippen LogP) is 3.39. The zero-order valence-electron chi connectivity index (χ0n) is 15.2. The molecule has 0 amide bonds. The Morgan fingerprint density at radius 2 is 2.12 bits per heavy atom. The predicted molar refractivity (Wildman–Crippen MR) is 115 cm³/mol. The lowest BCUT2D eigenvalue weighted by atomic mass is 10.0. The number of hydrogen-bond acceptors (Lipinski definition) is 4. The van der Waals surface area contributed by atoms with Crippen LogP contribution in [0.5, 0.6) is 0 Å². The molecule has 0 spiro atoms. The highest BCUT2D eigenvalue weighted by Gasteiger charge is 2.19. The Morgan fingerprint density at radius 3 is 2.71 bits per heavy atom. The Labute approximate surface area is 167 Å². The molecule has 1 aliphatic heterocycles. The van der Waals surface area contributed by atoms with Crippen LogP contribution in [0.4, 0.5) is 0 Å². The van der Waals surface area contributed by atoms with E-state index in [0.717, 1.165) is 17.5 Å². The first-order valence-electron chi connectivity index (χ1n) is 8.89. The maximum Gasteiger partial charge on any atom is 0.191 e. The molecule has 0 saturated carbocycles. The minimum absolute atomic E-state index is 0. The summed E-state index contributed by atoms with van der Waals surface area (Å²) in [7, 11) is 0. The van der Waals surface area contributed by atoms with Crippen LogP contribution in [0, 0.1) is 6.92 Å². The zero-order valence-corrected chi connectivity index (χ0v) is 18.3. The van der Waals surface area contributed by atoms with Crippen molar-refractivity contribution in [1.29, 1.82) is 0 Å². The third-order valence-electron chi connectivity index (χ3n) is 4.14. The van der Waals surface area contributed by atoms with Crippen molar-refractivity contribution in [3.63, 3.8) is 0 Å². The van der Waals surface area contributed by atoms with Crippen LogP contribution in [0.2, 0.25) is 0 Å². The van der Waals surface area contributed by atoms with E-state index in [1.807, 2.05) is 6.20 Å². The molecule has 0 unspecified atom stereocenters. The van der Waals surface area contributed by atoms with Gasteiger partial charge in [-0.05, 0) is 39.7 Å². The van der Waals surface area contributed by atoms with Crippen LogP contribution in [0.1, 0.15) is 49.4 Å². The molecule has 0 aliphatic carbocycles. The van der Waals surface area contributed by atoms with Gasteiger partial charge in [-0.25, -0.2) is 9.98 Å². The third kappa shape index (κ3) is 7.65. The van der Waals surface area contributed by atoms with Crippen molar-refractivity contribution in [2.24, 2.45) is 4.99 Å². The number of hydrogen-bond donors (Lipinski definition) is 2. The summed E-state index contributed by atoms with van der Waals surface area (Å²) >= 11 is 1.72. The quantitative estimate of drug-likeness (QED) is 0.368. The number of nitrogens with zero attached hydrogens (tertiary/aromatic N) is 3. The number of likely N-dealkylation sites (tertiary alicyclic amines) is 1. The summed E-state index contributed by atoms with van der Waals surface area (Å²) in [6.45, 7) is 11.6. The van der Waals surface area contributed by atoms with Crippen molar-refractivity contribution in [3.8, 4) is 0 Å². The van der Waals surface area contributed by atoms with Gasteiger partial charge in [-0.15, -0.1) is 35.3 Å². The molecule has 2 heterocycles. The van der Waals surface area contributed by atoms with Gasteiger partial charge in [-0.1, -0.05) is 13.3 Å². The van der Waals surface area contributed by atoms with E-state index in [2.05, 4.69) is 46.3 Å². The van der Waals surface area contributed by atoms with Gasteiger partial charge in [0.05, 0.1) is 6.54 Å². The number of piperidine rings is 1. The fourth-order valence-electron chi connectivity index (χ4n) is 2.82. The van der Waals surface area contributed by atoms with E-state index in [9.17, 15) is 0 Å². The molecule has 1 fully saturated rings. The number of thiazole rings is 1. The van der Waals surface area contributed by atoms with Crippen LogP contribution in [-0.4, -0.2) is 48.1 Å². The molecular weight excluding hydrogens is 433 g/mol. The summed E-state index contributed by atoms with van der Waals surface area (Å²) in [6.07, 6.45) is 6.91. The average molecular weight is 465 g/mol. The van der Waals surface area contributed by atoms with Crippen LogP contribution in [0.15, 0.2) is 11.2 Å². The maximum absolute atomic E-state index is 4.69. The molecule has 2 N–H and O–H groups in total. The normalized spacial score (nSPS) is 16.7. The number of unbranched alkanes of at least 4 members (excludes halogenated alkanes) is 1. The maximum atomic E-state index is 4.69. The first kappa shape index (κ1) is 21.6. The van der Waals surface area contributed by atoms with Crippen molar-refractivity contribution in [1.82, 2.24) is 20.5 Å². The van der Waals surface area contributed by atoms with E-state index >= 15 is 0 Å². The summed E-state index contributed by atoms with van der Waals surface area (Å²) < 4.78 is 0. The van der Waals surface area contributed by atoms with E-state index in [0.29, 0.717) is 12.6 Å². The lowest BCUT2D eigenvalue weighted by Gasteiger charge is -2.33. The minimum atomic E-state index is 0. The monoisotopic (exact) mass is 465 g/mol. The second-order valence-electron chi connectivity index (χ2n) is 6.17. The molecule has 2 rings (SSSR count). The second kappa shape index (κ2) is 12.0. The van der Waals surface area contributed by atoms with Gasteiger partial charge in [0.2, 0.25) is 0 Å². The highest BCUT2D eigenvalue weighted by Crippen LogP contribution is 2.13. The van der Waals surface area contributed by atoms with Crippen LogP contribution in [0.25, 0.3) is 0 Å². The molecule has 0 radical (unpaired) electrons. The second-order valence-corrected chi connectivity index (χ2v) is 7.49. The van der Waals surface area contributed by atoms with E-state index in [1.165, 1.54) is 50.2 Å². The number of halogens is 1. The molecular formula is C17H32IN5S. The van der Waals surface area contributed by atoms with E-state index in [4.69, 9.17) is 0 Å². The van der Waals surface area contributed by atoms with Gasteiger partial charge < -0.3 is 15.5 Å².